The molecule has 1 rings (SSSR count). The molecular weight excluding hydrogens is 212 g/mol. The van der Waals surface area contributed by atoms with E-state index in [0.717, 1.165) is 24.6 Å². The molecule has 0 bridgehead atoms. The van der Waals surface area contributed by atoms with Crippen LogP contribution in [0.15, 0.2) is 12.4 Å². The first-order valence-corrected chi connectivity index (χ1v) is 6.35. The van der Waals surface area contributed by atoms with Crippen molar-refractivity contribution in [3.05, 3.63) is 12.4 Å². The molecule has 4 heteroatoms. The minimum absolute atomic E-state index is 0.462. The van der Waals surface area contributed by atoms with Gasteiger partial charge in [0.25, 0.3) is 0 Å². The molecule has 0 aromatic carbocycles. The second kappa shape index (κ2) is 6.42. The van der Waals surface area contributed by atoms with Gasteiger partial charge in [0.1, 0.15) is 18.0 Å². The van der Waals surface area contributed by atoms with Gasteiger partial charge in [0.2, 0.25) is 0 Å². The first-order valence-electron chi connectivity index (χ1n) is 6.35. The third kappa shape index (κ3) is 3.88. The van der Waals surface area contributed by atoms with Crippen LogP contribution in [0.25, 0.3) is 0 Å². The van der Waals surface area contributed by atoms with Gasteiger partial charge in [-0.3, -0.25) is 0 Å². The number of nitrogens with one attached hydrogen (secondary N) is 1. The molecule has 1 N–H and O–H groups in total. The van der Waals surface area contributed by atoms with E-state index in [-0.39, 0.29) is 0 Å². The average molecular weight is 236 g/mol. The Morgan fingerprint density at radius 3 is 2.59 bits per heavy atom. The number of nitrogens with zero attached hydrogens (tertiary/aromatic N) is 3. The molecule has 1 atom stereocenters. The lowest BCUT2D eigenvalue weighted by atomic mass is 10.1. The van der Waals surface area contributed by atoms with Crippen LogP contribution in [0.4, 0.5) is 11.6 Å². The summed E-state index contributed by atoms with van der Waals surface area (Å²) in [5.41, 5.74) is 0. The van der Waals surface area contributed by atoms with E-state index in [9.17, 15) is 0 Å². The van der Waals surface area contributed by atoms with Gasteiger partial charge in [0.15, 0.2) is 0 Å². The minimum Gasteiger partial charge on any atom is -0.370 e. The lowest BCUT2D eigenvalue weighted by molar-refractivity contribution is 0.502. The fraction of sp³-hybridized carbons (Fsp3) is 0.692. The Bertz CT molecular complexity index is 338. The molecule has 0 spiro atoms. The fourth-order valence-electron chi connectivity index (χ4n) is 1.55. The van der Waals surface area contributed by atoms with Crippen molar-refractivity contribution in [1.29, 1.82) is 0 Å². The molecule has 96 valence electrons. The van der Waals surface area contributed by atoms with Crippen molar-refractivity contribution >= 4 is 11.6 Å². The van der Waals surface area contributed by atoms with Crippen molar-refractivity contribution in [2.24, 2.45) is 5.92 Å². The van der Waals surface area contributed by atoms with E-state index in [0.29, 0.717) is 12.0 Å². The van der Waals surface area contributed by atoms with Crippen LogP contribution in [0, 0.1) is 5.92 Å². The van der Waals surface area contributed by atoms with Crippen molar-refractivity contribution in [2.45, 2.75) is 40.2 Å². The number of aromatic nitrogens is 2. The van der Waals surface area contributed by atoms with Gasteiger partial charge in [0.05, 0.1) is 0 Å². The minimum atomic E-state index is 0.462. The van der Waals surface area contributed by atoms with Crippen molar-refractivity contribution < 1.29 is 0 Å². The van der Waals surface area contributed by atoms with Gasteiger partial charge in [-0.2, -0.15) is 0 Å². The second-order valence-corrected chi connectivity index (χ2v) is 4.78. The summed E-state index contributed by atoms with van der Waals surface area (Å²) in [6.45, 7) is 9.74. The Balaban J connectivity index is 2.76. The SMILES string of the molecule is CCCNc1cc(N(C)C(C)C(C)C)ncn1. The summed E-state index contributed by atoms with van der Waals surface area (Å²) in [6, 6.07) is 2.47. The topological polar surface area (TPSA) is 41.0 Å². The molecule has 1 aromatic heterocycles. The summed E-state index contributed by atoms with van der Waals surface area (Å²) in [5.74, 6) is 2.47. The Hall–Kier alpha value is -1.32. The molecule has 0 amide bonds. The van der Waals surface area contributed by atoms with Crippen LogP contribution in [0.1, 0.15) is 34.1 Å². The van der Waals surface area contributed by atoms with Crippen molar-refractivity contribution in [3.8, 4) is 0 Å². The first-order chi connectivity index (χ1) is 8.06. The molecule has 17 heavy (non-hydrogen) atoms. The molecule has 0 saturated carbocycles. The molecule has 0 aliphatic rings. The second-order valence-electron chi connectivity index (χ2n) is 4.78. The van der Waals surface area contributed by atoms with Crippen LogP contribution >= 0.6 is 0 Å². The standard InChI is InChI=1S/C13H24N4/c1-6-7-14-12-8-13(16-9-15-12)17(5)11(4)10(2)3/h8-11H,6-7H2,1-5H3,(H,14,15,16). The van der Waals surface area contributed by atoms with Crippen molar-refractivity contribution in [1.82, 2.24) is 9.97 Å². The molecule has 1 heterocycles. The molecule has 0 aliphatic carbocycles. The average Bonchev–Trinajstić information content (AvgIpc) is 2.34. The zero-order valence-electron chi connectivity index (χ0n) is 11.6. The maximum absolute atomic E-state index is 4.33. The third-order valence-corrected chi connectivity index (χ3v) is 3.15. The maximum atomic E-state index is 4.33. The number of hydrogen-bond acceptors (Lipinski definition) is 4. The zero-order chi connectivity index (χ0) is 12.8. The quantitative estimate of drug-likeness (QED) is 0.824. The molecule has 0 fully saturated rings. The van der Waals surface area contributed by atoms with Crippen LogP contribution < -0.4 is 10.2 Å². The highest BCUT2D eigenvalue weighted by atomic mass is 15.2. The predicted octanol–water partition coefficient (Wildman–Crippen LogP) is 2.78. The van der Waals surface area contributed by atoms with E-state index >= 15 is 0 Å². The van der Waals surface area contributed by atoms with E-state index in [4.69, 9.17) is 0 Å². The summed E-state index contributed by atoms with van der Waals surface area (Å²) in [5, 5.41) is 3.28. The highest BCUT2D eigenvalue weighted by Gasteiger charge is 2.14. The summed E-state index contributed by atoms with van der Waals surface area (Å²) in [6.07, 6.45) is 2.72. The molecule has 0 saturated heterocycles. The van der Waals surface area contributed by atoms with Crippen LogP contribution in [0.5, 0.6) is 0 Å². The lowest BCUT2D eigenvalue weighted by Crippen LogP contribution is -2.33. The van der Waals surface area contributed by atoms with Crippen molar-refractivity contribution in [2.75, 3.05) is 23.8 Å². The number of anilines is 2. The fourth-order valence-corrected chi connectivity index (χ4v) is 1.55. The zero-order valence-corrected chi connectivity index (χ0v) is 11.6. The molecule has 1 unspecified atom stereocenters. The summed E-state index contributed by atoms with van der Waals surface area (Å²) in [4.78, 5) is 10.7. The van der Waals surface area contributed by atoms with Gasteiger partial charge in [-0.05, 0) is 19.3 Å². The summed E-state index contributed by atoms with van der Waals surface area (Å²) >= 11 is 0. The third-order valence-electron chi connectivity index (χ3n) is 3.15. The molecule has 1 aromatic rings. The van der Waals surface area contributed by atoms with Gasteiger partial charge in [0, 0.05) is 25.7 Å². The Morgan fingerprint density at radius 2 is 2.00 bits per heavy atom. The molecule has 4 nitrogen and oxygen atoms in total. The smallest absolute Gasteiger partial charge is 0.134 e. The highest BCUT2D eigenvalue weighted by molar-refractivity contribution is 5.48. The van der Waals surface area contributed by atoms with E-state index in [1.165, 1.54) is 0 Å². The monoisotopic (exact) mass is 236 g/mol. The van der Waals surface area contributed by atoms with Gasteiger partial charge < -0.3 is 10.2 Å². The van der Waals surface area contributed by atoms with E-state index in [1.54, 1.807) is 6.33 Å². The van der Waals surface area contributed by atoms with Gasteiger partial charge >= 0.3 is 0 Å². The molecular formula is C13H24N4. The van der Waals surface area contributed by atoms with Crippen LogP contribution in [-0.4, -0.2) is 29.6 Å². The summed E-state index contributed by atoms with van der Waals surface area (Å²) in [7, 11) is 2.08. The Kier molecular flexibility index (Phi) is 5.19. The predicted molar refractivity (Wildman–Crippen MR) is 73.5 cm³/mol. The normalized spacial score (nSPS) is 12.6. The molecule has 0 radical (unpaired) electrons. The van der Waals surface area contributed by atoms with E-state index < -0.39 is 0 Å². The Morgan fingerprint density at radius 1 is 1.29 bits per heavy atom. The number of rotatable bonds is 6. The van der Waals surface area contributed by atoms with Crippen LogP contribution in [0.3, 0.4) is 0 Å². The Labute approximate surface area is 104 Å². The van der Waals surface area contributed by atoms with E-state index in [2.05, 4.69) is 54.9 Å². The van der Waals surface area contributed by atoms with Gasteiger partial charge in [-0.1, -0.05) is 20.8 Å². The largest absolute Gasteiger partial charge is 0.370 e. The highest BCUT2D eigenvalue weighted by Crippen LogP contribution is 2.18. The molecule has 0 aliphatic heterocycles. The van der Waals surface area contributed by atoms with Gasteiger partial charge in [-0.25, -0.2) is 9.97 Å². The number of hydrogen-bond donors (Lipinski definition) is 1. The van der Waals surface area contributed by atoms with Crippen LogP contribution in [-0.2, 0) is 0 Å². The maximum Gasteiger partial charge on any atom is 0.134 e. The van der Waals surface area contributed by atoms with Gasteiger partial charge in [-0.15, -0.1) is 0 Å². The van der Waals surface area contributed by atoms with Crippen molar-refractivity contribution in [3.63, 3.8) is 0 Å². The summed E-state index contributed by atoms with van der Waals surface area (Å²) < 4.78 is 0. The van der Waals surface area contributed by atoms with Crippen LogP contribution in [0.2, 0.25) is 0 Å². The first kappa shape index (κ1) is 13.7. The van der Waals surface area contributed by atoms with E-state index in [1.807, 2.05) is 6.07 Å². The lowest BCUT2D eigenvalue weighted by Gasteiger charge is -2.29.